The van der Waals surface area contributed by atoms with Crippen molar-refractivity contribution >= 4 is 11.6 Å². The fourth-order valence-corrected chi connectivity index (χ4v) is 3.40. The van der Waals surface area contributed by atoms with Crippen molar-refractivity contribution in [1.82, 2.24) is 10.2 Å². The minimum atomic E-state index is 0.564. The molecule has 1 aliphatic carbocycles. The highest BCUT2D eigenvalue weighted by Crippen LogP contribution is 2.34. The van der Waals surface area contributed by atoms with Crippen molar-refractivity contribution in [3.63, 3.8) is 0 Å². The molecule has 1 saturated heterocycles. The zero-order valence-corrected chi connectivity index (χ0v) is 13.5. The number of benzene rings is 1. The van der Waals surface area contributed by atoms with Gasteiger partial charge in [-0.1, -0.05) is 41.9 Å². The fourth-order valence-electron chi connectivity index (χ4n) is 3.33. The van der Waals surface area contributed by atoms with Crippen LogP contribution in [-0.4, -0.2) is 36.6 Å². The molecule has 1 aliphatic heterocycles. The second-order valence-corrected chi connectivity index (χ2v) is 6.80. The van der Waals surface area contributed by atoms with Crippen LogP contribution in [0, 0.1) is 5.92 Å². The number of halogens is 1. The third-order valence-corrected chi connectivity index (χ3v) is 5.08. The van der Waals surface area contributed by atoms with Crippen LogP contribution in [0.4, 0.5) is 0 Å². The maximum Gasteiger partial charge on any atom is 0.0265 e. The Hall–Kier alpha value is -0.830. The molecule has 3 rings (SSSR count). The van der Waals surface area contributed by atoms with Crippen molar-refractivity contribution < 1.29 is 0 Å². The van der Waals surface area contributed by atoms with Crippen LogP contribution in [0.1, 0.15) is 25.3 Å². The largest absolute Gasteiger partial charge is 0.311 e. The zero-order valence-electron chi connectivity index (χ0n) is 12.8. The van der Waals surface area contributed by atoms with Crippen LogP contribution in [0.25, 0.3) is 0 Å². The SMILES string of the molecule is C/C(=C/Cl)CN1CC(C2CC2)NCC1Cc1ccccc1. The highest BCUT2D eigenvalue weighted by molar-refractivity contribution is 6.25. The van der Waals surface area contributed by atoms with E-state index in [1.807, 2.05) is 0 Å². The number of hydrogen-bond donors (Lipinski definition) is 1. The first-order chi connectivity index (χ1) is 10.3. The summed E-state index contributed by atoms with van der Waals surface area (Å²) in [5, 5.41) is 3.78. The van der Waals surface area contributed by atoms with E-state index in [-0.39, 0.29) is 0 Å². The van der Waals surface area contributed by atoms with Crippen molar-refractivity contribution in [2.24, 2.45) is 5.92 Å². The van der Waals surface area contributed by atoms with Crippen molar-refractivity contribution in [3.8, 4) is 0 Å². The molecule has 0 aromatic heterocycles. The summed E-state index contributed by atoms with van der Waals surface area (Å²) in [7, 11) is 0. The molecule has 21 heavy (non-hydrogen) atoms. The number of nitrogens with one attached hydrogen (secondary N) is 1. The Bertz CT molecular complexity index is 481. The molecule has 1 heterocycles. The maximum absolute atomic E-state index is 5.89. The number of nitrogens with zero attached hydrogens (tertiary/aromatic N) is 1. The summed E-state index contributed by atoms with van der Waals surface area (Å²) in [5.74, 6) is 0.908. The maximum atomic E-state index is 5.89. The third-order valence-electron chi connectivity index (χ3n) is 4.71. The Balaban J connectivity index is 1.67. The van der Waals surface area contributed by atoms with E-state index < -0.39 is 0 Å². The monoisotopic (exact) mass is 304 g/mol. The van der Waals surface area contributed by atoms with Gasteiger partial charge in [-0.15, -0.1) is 0 Å². The number of piperazine rings is 1. The van der Waals surface area contributed by atoms with Gasteiger partial charge in [-0.2, -0.15) is 0 Å². The first-order valence-electron chi connectivity index (χ1n) is 8.03. The van der Waals surface area contributed by atoms with Crippen molar-refractivity contribution in [2.75, 3.05) is 19.6 Å². The van der Waals surface area contributed by atoms with Crippen LogP contribution in [0.3, 0.4) is 0 Å². The Labute approximate surface area is 133 Å². The Morgan fingerprint density at radius 1 is 1.33 bits per heavy atom. The molecule has 1 N–H and O–H groups in total. The molecule has 1 saturated carbocycles. The van der Waals surface area contributed by atoms with E-state index >= 15 is 0 Å². The molecule has 0 spiro atoms. The Morgan fingerprint density at radius 3 is 2.76 bits per heavy atom. The highest BCUT2D eigenvalue weighted by Gasteiger charge is 2.37. The van der Waals surface area contributed by atoms with Gasteiger partial charge in [-0.05, 0) is 43.2 Å². The molecule has 1 aromatic carbocycles. The second kappa shape index (κ2) is 6.95. The van der Waals surface area contributed by atoms with Gasteiger partial charge < -0.3 is 5.32 Å². The molecule has 0 amide bonds. The van der Waals surface area contributed by atoms with Gasteiger partial charge in [0.1, 0.15) is 0 Å². The van der Waals surface area contributed by atoms with Crippen molar-refractivity contribution in [3.05, 3.63) is 47.0 Å². The summed E-state index contributed by atoms with van der Waals surface area (Å²) in [4.78, 5) is 2.63. The van der Waals surface area contributed by atoms with E-state index in [9.17, 15) is 0 Å². The van der Waals surface area contributed by atoms with E-state index in [1.165, 1.54) is 24.0 Å². The topological polar surface area (TPSA) is 15.3 Å². The second-order valence-electron chi connectivity index (χ2n) is 6.58. The minimum Gasteiger partial charge on any atom is -0.311 e. The molecule has 2 fully saturated rings. The molecular weight excluding hydrogens is 280 g/mol. The first-order valence-corrected chi connectivity index (χ1v) is 8.47. The predicted molar refractivity (Wildman–Crippen MR) is 89.6 cm³/mol. The lowest BCUT2D eigenvalue weighted by Gasteiger charge is -2.41. The van der Waals surface area contributed by atoms with Gasteiger partial charge >= 0.3 is 0 Å². The summed E-state index contributed by atoms with van der Waals surface area (Å²) in [6, 6.07) is 12.1. The Morgan fingerprint density at radius 2 is 2.10 bits per heavy atom. The summed E-state index contributed by atoms with van der Waals surface area (Å²) in [5.41, 5.74) is 4.41. The predicted octanol–water partition coefficient (Wildman–Crippen LogP) is 3.42. The standard InChI is InChI=1S/C18H25ClN2/c1-14(10-19)12-21-13-18(16-7-8-16)20-11-17(21)9-15-5-3-2-4-6-15/h2-6,10,16-18,20H,7-9,11-13H2,1H3/b14-10-. The van der Waals surface area contributed by atoms with Crippen LogP contribution < -0.4 is 5.32 Å². The van der Waals surface area contributed by atoms with Crippen LogP contribution >= 0.6 is 11.6 Å². The van der Waals surface area contributed by atoms with E-state index in [2.05, 4.69) is 47.5 Å². The van der Waals surface area contributed by atoms with Gasteiger partial charge in [0.15, 0.2) is 0 Å². The first kappa shape index (κ1) is 15.1. The molecule has 0 radical (unpaired) electrons. The van der Waals surface area contributed by atoms with Gasteiger partial charge in [-0.3, -0.25) is 4.90 Å². The van der Waals surface area contributed by atoms with Crippen LogP contribution in [0.5, 0.6) is 0 Å². The number of rotatable bonds is 5. The van der Waals surface area contributed by atoms with E-state index in [4.69, 9.17) is 11.6 Å². The van der Waals surface area contributed by atoms with Crippen molar-refractivity contribution in [2.45, 2.75) is 38.3 Å². The molecule has 1 aromatic rings. The molecule has 114 valence electrons. The lowest BCUT2D eigenvalue weighted by Crippen LogP contribution is -2.58. The lowest BCUT2D eigenvalue weighted by atomic mass is 9.99. The summed E-state index contributed by atoms with van der Waals surface area (Å²) in [6.07, 6.45) is 3.92. The molecule has 3 heteroatoms. The molecule has 2 nitrogen and oxygen atoms in total. The molecular formula is C18H25ClN2. The third kappa shape index (κ3) is 4.09. The van der Waals surface area contributed by atoms with E-state index in [0.717, 1.165) is 32.0 Å². The van der Waals surface area contributed by atoms with E-state index in [1.54, 1.807) is 5.54 Å². The van der Waals surface area contributed by atoms with E-state index in [0.29, 0.717) is 12.1 Å². The highest BCUT2D eigenvalue weighted by atomic mass is 35.5. The van der Waals surface area contributed by atoms with Gasteiger partial charge in [0, 0.05) is 37.3 Å². The van der Waals surface area contributed by atoms with Gasteiger partial charge in [0.2, 0.25) is 0 Å². The average Bonchev–Trinajstić information content (AvgIpc) is 3.34. The normalized spacial score (nSPS) is 27.8. The quantitative estimate of drug-likeness (QED) is 0.896. The molecule has 2 atom stereocenters. The average molecular weight is 305 g/mol. The van der Waals surface area contributed by atoms with Crippen LogP contribution in [0.15, 0.2) is 41.4 Å². The fraction of sp³-hybridized carbons (Fsp3) is 0.556. The smallest absolute Gasteiger partial charge is 0.0265 e. The lowest BCUT2D eigenvalue weighted by molar-refractivity contribution is 0.133. The van der Waals surface area contributed by atoms with Crippen molar-refractivity contribution in [1.29, 1.82) is 0 Å². The number of hydrogen-bond acceptors (Lipinski definition) is 2. The summed E-state index contributed by atoms with van der Waals surface area (Å²) < 4.78 is 0. The van der Waals surface area contributed by atoms with Gasteiger partial charge in [-0.25, -0.2) is 0 Å². The van der Waals surface area contributed by atoms with Gasteiger partial charge in [0.25, 0.3) is 0 Å². The Kier molecular flexibility index (Phi) is 4.99. The molecule has 0 bridgehead atoms. The van der Waals surface area contributed by atoms with Crippen LogP contribution in [-0.2, 0) is 6.42 Å². The summed E-state index contributed by atoms with van der Waals surface area (Å²) in [6.45, 7) is 5.36. The minimum absolute atomic E-state index is 0.564. The molecule has 2 aliphatic rings. The summed E-state index contributed by atoms with van der Waals surface area (Å²) >= 11 is 5.89. The molecule has 2 unspecified atom stereocenters. The zero-order chi connectivity index (χ0) is 14.7. The van der Waals surface area contributed by atoms with Gasteiger partial charge in [0.05, 0.1) is 0 Å². The van der Waals surface area contributed by atoms with Crippen LogP contribution in [0.2, 0.25) is 0 Å².